The third kappa shape index (κ3) is 28.9. The molecule has 10 fully saturated rings. The van der Waals surface area contributed by atoms with Gasteiger partial charge in [0.2, 0.25) is 0 Å². The summed E-state index contributed by atoms with van der Waals surface area (Å²) in [6, 6.07) is 13.2. The Hall–Kier alpha value is -0.690. The van der Waals surface area contributed by atoms with Gasteiger partial charge in [0.15, 0.2) is 0 Å². The summed E-state index contributed by atoms with van der Waals surface area (Å²) in [5, 5.41) is 14.1. The van der Waals surface area contributed by atoms with Crippen molar-refractivity contribution in [3.63, 3.8) is 0 Å². The second-order valence-electron chi connectivity index (χ2n) is 40.7. The standard InChI is InChI=1S/C13H27NO.C13H25N.C12H25NO.C11H20F3N.C11H23NO.C11H21N.C11H23N.C10H22N2/c1-9(2)13-7-12(8-15-6)11(5)14(13)10(3)4;1-9(2)13-8-11-6-5-7-12(11)14(13)10(3)4;1-9(2)12-7-6-11(8-14-5)13(12)10(3)4;1-7(2)10-5-9(11(12,13)14)6-15(10)8(3)4;1-8(2)11-6-5-10(7-13)12(11)9(3)4;1-7(2)11-10-5-9(10)6-12(11)8(3)4;1-8(2)11-10(5)6-7-12(11)9(3)4;1-8(2)10-6-7-11(5)12(10)9(3)4/h9-13H,7-8H2,1-6H3;9-13H,5-8H2,1-4H3;9-12H,6-8H2,1-5H3;7-10H,5-6H2,1-4H3;8-11,13H,5-7H2,1-4H3;7-11H,5-6H2,1-4H3;8-11H,6-7H2,1-5H3;8-10H,6-7H2,1-5H3/t2*11?,12?,13-;11?,12-;9?,10-;10?,11-;9?,10?,11-;10?,11-;10-/m00000110/s1. The summed E-state index contributed by atoms with van der Waals surface area (Å²) in [5.74, 6) is 9.42. The van der Waals surface area contributed by atoms with E-state index in [1.165, 1.54) is 90.3 Å². The van der Waals surface area contributed by atoms with Gasteiger partial charge in [0.05, 0.1) is 25.7 Å². The summed E-state index contributed by atoms with van der Waals surface area (Å²) in [5.41, 5.74) is 0. The van der Waals surface area contributed by atoms with E-state index in [1.54, 1.807) is 7.11 Å². The third-order valence-corrected chi connectivity index (χ3v) is 27.4. The first-order valence-electron chi connectivity index (χ1n) is 45.2. The van der Waals surface area contributed by atoms with Crippen LogP contribution in [0.2, 0.25) is 0 Å². The zero-order valence-electron chi connectivity index (χ0n) is 77.7. The van der Waals surface area contributed by atoms with Crippen LogP contribution in [-0.4, -0.2) is 244 Å². The SMILES string of the molecule is CC(C)[C@@H]1C(C)CCN1C(C)C.CC(C)[C@@H]1C2CC2CN1C(C)C.CC(C)[C@@H]1CC(C(F)(F)F)CN1C(C)C.CC(C)[C@@H]1CC2CCCC2N1C(C)C.CC(C)[C@@H]1CCC(CO)N1C(C)C.CC(C)[C@@H]1CCN(C)N1C(C)C.COCC1CC[C@@H](C(C)C)N1C(C)C.COCC1C[C@@H](C(C)C)N(C(C)C)C1C. The molecule has 0 amide bonds. The monoisotopic (exact) mass is 1520 g/mol. The van der Waals surface area contributed by atoms with Crippen molar-refractivity contribution < 1.29 is 27.8 Å². The smallest absolute Gasteiger partial charge is 0.393 e. The van der Waals surface area contributed by atoms with Crippen LogP contribution >= 0.6 is 0 Å². The average Bonchev–Trinajstić information content (AvgIpc) is 1.59. The molecule has 8 heterocycles. The summed E-state index contributed by atoms with van der Waals surface area (Å²) in [4.78, 5) is 18.0. The first kappa shape index (κ1) is 101. The maximum atomic E-state index is 12.6. The van der Waals surface area contributed by atoms with Crippen LogP contribution < -0.4 is 0 Å². The molecule has 18 atom stereocenters. The lowest BCUT2D eigenvalue weighted by Gasteiger charge is -2.35. The van der Waals surface area contributed by atoms with Crippen LogP contribution in [0, 0.1) is 82.9 Å². The van der Waals surface area contributed by atoms with E-state index >= 15 is 0 Å². The van der Waals surface area contributed by atoms with E-state index in [-0.39, 0.29) is 25.0 Å². The highest BCUT2D eigenvalue weighted by molar-refractivity contribution is 5.06. The predicted octanol–water partition coefficient (Wildman–Crippen LogP) is 20.9. The number of piperidine rings is 1. The van der Waals surface area contributed by atoms with Crippen molar-refractivity contribution in [1.29, 1.82) is 0 Å². The van der Waals surface area contributed by atoms with Crippen LogP contribution in [0.4, 0.5) is 13.2 Å². The maximum absolute atomic E-state index is 12.6. The highest BCUT2D eigenvalue weighted by Crippen LogP contribution is 2.52. The van der Waals surface area contributed by atoms with Gasteiger partial charge in [-0.25, -0.2) is 10.0 Å². The number of fused-ring (bicyclic) bond motifs is 2. The molecule has 2 saturated carbocycles. The van der Waals surface area contributed by atoms with Crippen molar-refractivity contribution in [3.8, 4) is 0 Å². The molecule has 10 rings (SSSR count). The molecule has 107 heavy (non-hydrogen) atoms. The minimum Gasteiger partial charge on any atom is -0.395 e. The number of hydrazine groups is 1. The molecule has 12 nitrogen and oxygen atoms in total. The number of alkyl halides is 3. The average molecular weight is 1520 g/mol. The Labute approximate surface area is 664 Å². The Bertz CT molecular complexity index is 2250. The number of ether oxygens (including phenoxy) is 2. The topological polar surface area (TPSA) is 67.8 Å². The Morgan fingerprint density at radius 1 is 0.383 bits per heavy atom. The predicted molar refractivity (Wildman–Crippen MR) is 456 cm³/mol. The summed E-state index contributed by atoms with van der Waals surface area (Å²) in [7, 11) is 5.82. The number of aliphatic hydroxyl groups is 1. The fourth-order valence-electron chi connectivity index (χ4n) is 22.4. The second kappa shape index (κ2) is 46.9. The van der Waals surface area contributed by atoms with Crippen LogP contribution in [-0.2, 0) is 9.47 Å². The third-order valence-electron chi connectivity index (χ3n) is 27.4. The Morgan fingerprint density at radius 3 is 1.21 bits per heavy atom. The van der Waals surface area contributed by atoms with Gasteiger partial charge in [-0.3, -0.25) is 34.3 Å². The van der Waals surface area contributed by atoms with Crippen LogP contribution in [0.1, 0.15) is 319 Å². The van der Waals surface area contributed by atoms with Gasteiger partial charge in [-0.15, -0.1) is 0 Å². The molecule has 10 unspecified atom stereocenters. The number of aliphatic hydroxyl groups excluding tert-OH is 1. The number of rotatable bonds is 21. The van der Waals surface area contributed by atoms with Crippen LogP contribution in [0.3, 0.4) is 0 Å². The fraction of sp³-hybridized carbons (Fsp3) is 1.00. The Kier molecular flexibility index (Phi) is 44.0. The molecule has 10 aliphatic rings. The Morgan fingerprint density at radius 2 is 0.841 bits per heavy atom. The highest BCUT2D eigenvalue weighted by atomic mass is 19.4. The summed E-state index contributed by atoms with van der Waals surface area (Å²) in [6.07, 6.45) is 12.7. The molecule has 8 saturated heterocycles. The Balaban J connectivity index is 0.000000318. The zero-order chi connectivity index (χ0) is 81.9. The number of halogens is 3. The van der Waals surface area contributed by atoms with E-state index < -0.39 is 12.1 Å². The second-order valence-corrected chi connectivity index (χ2v) is 40.7. The number of likely N-dealkylation sites (tertiary alicyclic amines) is 7. The van der Waals surface area contributed by atoms with Crippen LogP contribution in [0.5, 0.6) is 0 Å². The molecule has 15 heteroatoms. The molecule has 8 aliphatic heterocycles. The molecule has 0 aromatic rings. The lowest BCUT2D eigenvalue weighted by atomic mass is 9.92. The number of nitrogens with zero attached hydrogens (tertiary/aromatic N) is 9. The van der Waals surface area contributed by atoms with Crippen molar-refractivity contribution >= 4 is 0 Å². The lowest BCUT2D eigenvalue weighted by Crippen LogP contribution is -2.45. The van der Waals surface area contributed by atoms with Crippen molar-refractivity contribution in [2.75, 3.05) is 67.3 Å². The summed E-state index contributed by atoms with van der Waals surface area (Å²) >= 11 is 0. The molecular formula is C92H186F3N9O3. The van der Waals surface area contributed by atoms with Gasteiger partial charge in [0.1, 0.15) is 0 Å². The molecule has 0 radical (unpaired) electrons. The summed E-state index contributed by atoms with van der Waals surface area (Å²) < 4.78 is 48.4. The van der Waals surface area contributed by atoms with E-state index in [0.717, 1.165) is 139 Å². The lowest BCUT2D eigenvalue weighted by molar-refractivity contribution is -0.171. The fourth-order valence-corrected chi connectivity index (χ4v) is 22.4. The number of hydrogen-bond donors (Lipinski definition) is 1. The zero-order valence-corrected chi connectivity index (χ0v) is 77.7. The first-order chi connectivity index (χ1) is 49.7. The van der Waals surface area contributed by atoms with Gasteiger partial charge >= 0.3 is 6.18 Å². The molecular weight excluding hydrogens is 1340 g/mol. The van der Waals surface area contributed by atoms with Gasteiger partial charge < -0.3 is 14.6 Å². The van der Waals surface area contributed by atoms with E-state index in [0.29, 0.717) is 72.7 Å². The molecule has 1 N–H and O–H groups in total. The normalized spacial score (nSPS) is 32.7. The van der Waals surface area contributed by atoms with Crippen molar-refractivity contribution in [2.24, 2.45) is 82.9 Å². The number of hydrogen-bond acceptors (Lipinski definition) is 12. The first-order valence-corrected chi connectivity index (χ1v) is 45.2. The number of methoxy groups -OCH3 is 2. The van der Waals surface area contributed by atoms with Crippen LogP contribution in [0.25, 0.3) is 0 Å². The maximum Gasteiger partial charge on any atom is 0.393 e. The molecule has 2 aliphatic carbocycles. The highest BCUT2D eigenvalue weighted by Gasteiger charge is 2.54. The molecule has 0 aromatic heterocycles. The molecule has 0 aromatic carbocycles. The minimum absolute atomic E-state index is 0.0802. The van der Waals surface area contributed by atoms with E-state index in [4.69, 9.17) is 9.47 Å². The van der Waals surface area contributed by atoms with Gasteiger partial charge in [-0.2, -0.15) is 13.2 Å². The van der Waals surface area contributed by atoms with Gasteiger partial charge in [0.25, 0.3) is 0 Å². The molecule has 0 bridgehead atoms. The van der Waals surface area contributed by atoms with E-state index in [2.05, 4.69) is 254 Å². The largest absolute Gasteiger partial charge is 0.395 e. The van der Waals surface area contributed by atoms with E-state index in [1.807, 2.05) is 39.7 Å². The van der Waals surface area contributed by atoms with Crippen LogP contribution in [0.15, 0.2) is 0 Å². The molecule has 638 valence electrons. The molecule has 0 spiro atoms. The van der Waals surface area contributed by atoms with Crippen molar-refractivity contribution in [3.05, 3.63) is 0 Å². The quantitative estimate of drug-likeness (QED) is 0.119. The van der Waals surface area contributed by atoms with Crippen molar-refractivity contribution in [1.82, 2.24) is 44.3 Å². The minimum atomic E-state index is -4.03. The van der Waals surface area contributed by atoms with Crippen molar-refractivity contribution in [2.45, 2.75) is 446 Å². The van der Waals surface area contributed by atoms with Gasteiger partial charge in [0, 0.05) is 162 Å². The van der Waals surface area contributed by atoms with Gasteiger partial charge in [-0.1, -0.05) is 124 Å². The summed E-state index contributed by atoms with van der Waals surface area (Å²) in [6.45, 7) is 83.9. The van der Waals surface area contributed by atoms with E-state index in [9.17, 15) is 18.3 Å². The van der Waals surface area contributed by atoms with Gasteiger partial charge in [-0.05, 0) is 278 Å².